The molecule has 0 amide bonds. The summed E-state index contributed by atoms with van der Waals surface area (Å²) in [5.74, 6) is 1.78. The van der Waals surface area contributed by atoms with E-state index in [4.69, 9.17) is 5.73 Å². The summed E-state index contributed by atoms with van der Waals surface area (Å²) in [7, 11) is 0. The lowest BCUT2D eigenvalue weighted by molar-refractivity contribution is 0.394. The molecule has 0 aromatic carbocycles. The van der Waals surface area contributed by atoms with Crippen molar-refractivity contribution >= 4 is 27.3 Å². The molecule has 5 heteroatoms. The van der Waals surface area contributed by atoms with Crippen molar-refractivity contribution in [3.8, 4) is 0 Å². The molecular formula is C13H17BrN4. The molecule has 96 valence electrons. The van der Waals surface area contributed by atoms with E-state index in [0.717, 1.165) is 34.7 Å². The highest BCUT2D eigenvalue weighted by molar-refractivity contribution is 9.10. The predicted octanol–water partition coefficient (Wildman–Crippen LogP) is 2.36. The van der Waals surface area contributed by atoms with Crippen LogP contribution in [-0.4, -0.2) is 22.0 Å². The van der Waals surface area contributed by atoms with Gasteiger partial charge in [0.05, 0.1) is 5.52 Å². The number of nitrogens with one attached hydrogen (secondary N) is 1. The monoisotopic (exact) mass is 308 g/mol. The van der Waals surface area contributed by atoms with Crippen molar-refractivity contribution in [1.82, 2.24) is 14.7 Å². The van der Waals surface area contributed by atoms with E-state index in [-0.39, 0.29) is 0 Å². The fourth-order valence-corrected chi connectivity index (χ4v) is 3.17. The SMILES string of the molecule is Nc1cccc2c(Br)nc(CC3CCCCN3)n12. The maximum atomic E-state index is 6.06. The second-order valence-corrected chi connectivity index (χ2v) is 5.59. The number of rotatable bonds is 2. The molecule has 2 aromatic rings. The number of fused-ring (bicyclic) bond motifs is 1. The molecule has 1 aliphatic heterocycles. The summed E-state index contributed by atoms with van der Waals surface area (Å²) in [5, 5.41) is 3.55. The standard InChI is InChI=1S/C13H17BrN4/c14-13-10-5-3-6-11(15)18(10)12(17-13)8-9-4-1-2-7-16-9/h3,5-6,9,16H,1-2,4,7-8,15H2. The minimum absolute atomic E-state index is 0.524. The summed E-state index contributed by atoms with van der Waals surface area (Å²) < 4.78 is 2.92. The van der Waals surface area contributed by atoms with Crippen LogP contribution in [0.25, 0.3) is 5.52 Å². The molecule has 0 bridgehead atoms. The smallest absolute Gasteiger partial charge is 0.132 e. The molecule has 3 heterocycles. The Kier molecular flexibility index (Phi) is 3.26. The number of nitrogen functional groups attached to an aromatic ring is 1. The van der Waals surface area contributed by atoms with E-state index in [0.29, 0.717) is 6.04 Å². The van der Waals surface area contributed by atoms with E-state index in [1.165, 1.54) is 19.3 Å². The van der Waals surface area contributed by atoms with E-state index in [2.05, 4.69) is 26.2 Å². The average molecular weight is 309 g/mol. The van der Waals surface area contributed by atoms with Gasteiger partial charge in [-0.1, -0.05) is 12.5 Å². The molecule has 3 N–H and O–H groups in total. The Morgan fingerprint density at radius 3 is 3.11 bits per heavy atom. The van der Waals surface area contributed by atoms with E-state index < -0.39 is 0 Å². The van der Waals surface area contributed by atoms with Crippen LogP contribution in [-0.2, 0) is 6.42 Å². The molecule has 1 unspecified atom stereocenters. The van der Waals surface area contributed by atoms with Crippen molar-refractivity contribution in [1.29, 1.82) is 0 Å². The minimum atomic E-state index is 0.524. The van der Waals surface area contributed by atoms with Gasteiger partial charge in [-0.05, 0) is 47.4 Å². The second-order valence-electron chi connectivity index (χ2n) is 4.84. The van der Waals surface area contributed by atoms with Crippen LogP contribution >= 0.6 is 15.9 Å². The van der Waals surface area contributed by atoms with Gasteiger partial charge < -0.3 is 11.1 Å². The first kappa shape index (κ1) is 12.0. The van der Waals surface area contributed by atoms with Crippen molar-refractivity contribution in [3.63, 3.8) is 0 Å². The highest BCUT2D eigenvalue weighted by Crippen LogP contribution is 2.23. The normalized spacial score (nSPS) is 20.4. The van der Waals surface area contributed by atoms with Crippen LogP contribution in [0.1, 0.15) is 25.1 Å². The highest BCUT2D eigenvalue weighted by atomic mass is 79.9. The molecule has 1 saturated heterocycles. The predicted molar refractivity (Wildman–Crippen MR) is 76.7 cm³/mol. The van der Waals surface area contributed by atoms with Crippen LogP contribution in [0.4, 0.5) is 5.82 Å². The first-order valence-electron chi connectivity index (χ1n) is 6.40. The van der Waals surface area contributed by atoms with Crippen LogP contribution in [0.15, 0.2) is 22.8 Å². The number of halogens is 1. The average Bonchev–Trinajstić information content (AvgIpc) is 2.69. The largest absolute Gasteiger partial charge is 0.385 e. The molecule has 0 aliphatic carbocycles. The van der Waals surface area contributed by atoms with Crippen molar-refractivity contribution in [2.45, 2.75) is 31.7 Å². The lowest BCUT2D eigenvalue weighted by atomic mass is 10.0. The van der Waals surface area contributed by atoms with Gasteiger partial charge in [-0.3, -0.25) is 4.40 Å². The van der Waals surface area contributed by atoms with Gasteiger partial charge in [0.25, 0.3) is 0 Å². The lowest BCUT2D eigenvalue weighted by Crippen LogP contribution is -2.36. The molecular weight excluding hydrogens is 292 g/mol. The van der Waals surface area contributed by atoms with Gasteiger partial charge in [-0.15, -0.1) is 0 Å². The van der Waals surface area contributed by atoms with E-state index in [1.54, 1.807) is 0 Å². The van der Waals surface area contributed by atoms with Crippen molar-refractivity contribution in [2.24, 2.45) is 0 Å². The molecule has 1 aliphatic rings. The number of nitrogens with zero attached hydrogens (tertiary/aromatic N) is 2. The Bertz CT molecular complexity index is 557. The molecule has 0 radical (unpaired) electrons. The van der Waals surface area contributed by atoms with Gasteiger partial charge >= 0.3 is 0 Å². The van der Waals surface area contributed by atoms with Gasteiger partial charge in [0.15, 0.2) is 0 Å². The Morgan fingerprint density at radius 2 is 2.33 bits per heavy atom. The summed E-state index contributed by atoms with van der Waals surface area (Å²) in [6, 6.07) is 6.43. The van der Waals surface area contributed by atoms with Gasteiger partial charge in [0.2, 0.25) is 0 Å². The molecule has 2 aromatic heterocycles. The summed E-state index contributed by atoms with van der Waals surface area (Å²) in [4.78, 5) is 4.60. The van der Waals surface area contributed by atoms with Crippen molar-refractivity contribution < 1.29 is 0 Å². The number of pyridine rings is 1. The van der Waals surface area contributed by atoms with Crippen LogP contribution in [0.2, 0.25) is 0 Å². The van der Waals surface area contributed by atoms with Gasteiger partial charge in [-0.2, -0.15) is 0 Å². The van der Waals surface area contributed by atoms with Gasteiger partial charge in [0.1, 0.15) is 16.2 Å². The molecule has 0 saturated carbocycles. The number of piperidine rings is 1. The lowest BCUT2D eigenvalue weighted by Gasteiger charge is -2.22. The highest BCUT2D eigenvalue weighted by Gasteiger charge is 2.18. The topological polar surface area (TPSA) is 55.3 Å². The maximum absolute atomic E-state index is 6.06. The summed E-state index contributed by atoms with van der Waals surface area (Å²) in [5.41, 5.74) is 7.10. The van der Waals surface area contributed by atoms with Crippen LogP contribution in [0, 0.1) is 0 Å². The van der Waals surface area contributed by atoms with E-state index in [9.17, 15) is 0 Å². The number of aromatic nitrogens is 2. The Labute approximate surface area is 115 Å². The third-order valence-corrected chi connectivity index (χ3v) is 4.14. The number of hydrogen-bond donors (Lipinski definition) is 2. The van der Waals surface area contributed by atoms with Crippen molar-refractivity contribution in [3.05, 3.63) is 28.6 Å². The first-order valence-corrected chi connectivity index (χ1v) is 7.19. The van der Waals surface area contributed by atoms with Crippen molar-refractivity contribution in [2.75, 3.05) is 12.3 Å². The second kappa shape index (κ2) is 4.90. The Morgan fingerprint density at radius 1 is 1.44 bits per heavy atom. The molecule has 3 rings (SSSR count). The first-order chi connectivity index (χ1) is 8.75. The number of anilines is 1. The number of hydrogen-bond acceptors (Lipinski definition) is 3. The van der Waals surface area contributed by atoms with Crippen LogP contribution in [0.3, 0.4) is 0 Å². The van der Waals surface area contributed by atoms with Gasteiger partial charge in [0, 0.05) is 12.5 Å². The quantitative estimate of drug-likeness (QED) is 0.895. The molecule has 0 spiro atoms. The summed E-state index contributed by atoms with van der Waals surface area (Å²) >= 11 is 3.51. The molecule has 1 atom stereocenters. The van der Waals surface area contributed by atoms with E-state index >= 15 is 0 Å². The third-order valence-electron chi connectivity index (χ3n) is 3.56. The molecule has 4 nitrogen and oxygen atoms in total. The third kappa shape index (κ3) is 2.12. The zero-order valence-corrected chi connectivity index (χ0v) is 11.8. The van der Waals surface area contributed by atoms with E-state index in [1.807, 2.05) is 22.6 Å². The maximum Gasteiger partial charge on any atom is 0.132 e. The molecule has 1 fully saturated rings. The number of nitrogens with two attached hydrogens (primary N) is 1. The molecule has 18 heavy (non-hydrogen) atoms. The Hall–Kier alpha value is -1.07. The zero-order chi connectivity index (χ0) is 12.5. The summed E-state index contributed by atoms with van der Waals surface area (Å²) in [6.07, 6.45) is 4.74. The van der Waals surface area contributed by atoms with Crippen LogP contribution < -0.4 is 11.1 Å². The Balaban J connectivity index is 1.96. The number of imidazole rings is 1. The fraction of sp³-hybridized carbons (Fsp3) is 0.462. The van der Waals surface area contributed by atoms with Crippen LogP contribution in [0.5, 0.6) is 0 Å². The zero-order valence-electron chi connectivity index (χ0n) is 10.2. The minimum Gasteiger partial charge on any atom is -0.385 e. The summed E-state index contributed by atoms with van der Waals surface area (Å²) in [6.45, 7) is 1.12. The van der Waals surface area contributed by atoms with Gasteiger partial charge in [-0.25, -0.2) is 4.98 Å². The fourth-order valence-electron chi connectivity index (χ4n) is 2.65.